The normalized spacial score (nSPS) is 14.7. The Hall–Kier alpha value is -2.94. The lowest BCUT2D eigenvalue weighted by atomic mass is 10.1. The molecule has 0 bridgehead atoms. The second-order valence-corrected chi connectivity index (χ2v) is 5.62. The van der Waals surface area contributed by atoms with Gasteiger partial charge in [0.2, 0.25) is 5.43 Å². The summed E-state index contributed by atoms with van der Waals surface area (Å²) < 4.78 is 20.9. The highest BCUT2D eigenvalue weighted by Crippen LogP contribution is 2.26. The van der Waals surface area contributed by atoms with Crippen LogP contribution in [-0.2, 0) is 16.1 Å². The van der Waals surface area contributed by atoms with E-state index in [1.165, 1.54) is 6.07 Å². The van der Waals surface area contributed by atoms with Crippen molar-refractivity contribution < 1.29 is 28.9 Å². The minimum atomic E-state index is -1.50. The van der Waals surface area contributed by atoms with Gasteiger partial charge in [-0.3, -0.25) is 9.59 Å². The summed E-state index contributed by atoms with van der Waals surface area (Å²) in [6, 6.07) is 2.35. The van der Waals surface area contributed by atoms with Crippen LogP contribution in [0, 0.1) is 5.82 Å². The second kappa shape index (κ2) is 6.52. The Labute approximate surface area is 140 Å². The molecule has 1 aromatic heterocycles. The van der Waals surface area contributed by atoms with E-state index in [1.807, 2.05) is 0 Å². The fraction of sp³-hybridized carbons (Fsp3) is 0.312. The number of aliphatic carboxylic acids is 1. The summed E-state index contributed by atoms with van der Waals surface area (Å²) in [4.78, 5) is 36.4. The third kappa shape index (κ3) is 3.18. The molecule has 0 atom stereocenters. The molecule has 0 saturated carbocycles. The highest BCUT2D eigenvalue weighted by Gasteiger charge is 2.21. The predicted molar refractivity (Wildman–Crippen MR) is 85.8 cm³/mol. The van der Waals surface area contributed by atoms with E-state index in [1.54, 1.807) is 4.90 Å². The second-order valence-electron chi connectivity index (χ2n) is 5.62. The number of halogens is 1. The Morgan fingerprint density at radius 2 is 1.88 bits per heavy atom. The van der Waals surface area contributed by atoms with Crippen LogP contribution in [0.15, 0.2) is 23.1 Å². The average Bonchev–Trinajstić information content (AvgIpc) is 2.57. The Kier molecular flexibility index (Phi) is 4.41. The van der Waals surface area contributed by atoms with E-state index in [2.05, 4.69) is 0 Å². The molecule has 9 heteroatoms. The van der Waals surface area contributed by atoms with Crippen molar-refractivity contribution in [2.45, 2.75) is 6.54 Å². The van der Waals surface area contributed by atoms with Crippen LogP contribution in [0.4, 0.5) is 10.1 Å². The van der Waals surface area contributed by atoms with E-state index < -0.39 is 35.3 Å². The van der Waals surface area contributed by atoms with Crippen molar-refractivity contribution in [1.82, 2.24) is 4.57 Å². The minimum absolute atomic E-state index is 0.167. The largest absolute Gasteiger partial charge is 0.480 e. The van der Waals surface area contributed by atoms with Crippen LogP contribution in [-0.4, -0.2) is 53.0 Å². The number of ether oxygens (including phenoxy) is 1. The smallest absolute Gasteiger partial charge is 0.341 e. The molecule has 2 heterocycles. The molecular weight excluding hydrogens is 335 g/mol. The molecule has 1 aliphatic heterocycles. The van der Waals surface area contributed by atoms with E-state index in [4.69, 9.17) is 14.9 Å². The van der Waals surface area contributed by atoms with E-state index in [0.29, 0.717) is 26.3 Å². The van der Waals surface area contributed by atoms with E-state index in [0.717, 1.165) is 16.8 Å². The predicted octanol–water partition coefficient (Wildman–Crippen LogP) is 0.760. The number of carboxylic acid groups (broad SMARTS) is 2. The molecule has 2 aromatic rings. The molecule has 0 radical (unpaired) electrons. The molecule has 1 aromatic carbocycles. The minimum Gasteiger partial charge on any atom is -0.480 e. The maximum Gasteiger partial charge on any atom is 0.341 e. The quantitative estimate of drug-likeness (QED) is 0.838. The number of nitrogens with zero attached hydrogens (tertiary/aromatic N) is 2. The van der Waals surface area contributed by atoms with E-state index in [9.17, 15) is 18.8 Å². The van der Waals surface area contributed by atoms with Crippen molar-refractivity contribution in [3.8, 4) is 0 Å². The molecule has 1 fully saturated rings. The number of pyridine rings is 1. The fourth-order valence-corrected chi connectivity index (χ4v) is 2.87. The summed E-state index contributed by atoms with van der Waals surface area (Å²) in [6.07, 6.45) is 0.974. The van der Waals surface area contributed by atoms with Gasteiger partial charge in [-0.25, -0.2) is 9.18 Å². The standard InChI is InChI=1S/C16H15FN2O6/c17-11-5-9-12(6-13(11)18-1-3-25-4-2-18)19(8-14(20)21)7-10(15(9)22)16(23)24/h5-7H,1-4,8H2,(H,20,21)(H,23,24). The molecule has 0 unspecified atom stereocenters. The zero-order chi connectivity index (χ0) is 18.1. The Morgan fingerprint density at radius 1 is 1.20 bits per heavy atom. The summed E-state index contributed by atoms with van der Waals surface area (Å²) in [5, 5.41) is 18.0. The van der Waals surface area contributed by atoms with Gasteiger partial charge in [0.25, 0.3) is 0 Å². The van der Waals surface area contributed by atoms with E-state index in [-0.39, 0.29) is 16.6 Å². The van der Waals surface area contributed by atoms with Crippen LogP contribution in [0.5, 0.6) is 0 Å². The van der Waals surface area contributed by atoms with Crippen molar-refractivity contribution in [2.75, 3.05) is 31.2 Å². The molecule has 1 saturated heterocycles. The third-order valence-electron chi connectivity index (χ3n) is 4.04. The Bertz CT molecular complexity index is 917. The number of hydrogen-bond donors (Lipinski definition) is 2. The van der Waals surface area contributed by atoms with Gasteiger partial charge in [-0.15, -0.1) is 0 Å². The summed E-state index contributed by atoms with van der Waals surface area (Å²) in [5.41, 5.74) is -1.07. The number of morpholine rings is 1. The lowest BCUT2D eigenvalue weighted by Gasteiger charge is -2.29. The van der Waals surface area contributed by atoms with Gasteiger partial charge in [0.1, 0.15) is 17.9 Å². The first-order valence-corrected chi connectivity index (χ1v) is 7.53. The molecule has 3 rings (SSSR count). The number of fused-ring (bicyclic) bond motifs is 1. The van der Waals surface area contributed by atoms with Gasteiger partial charge in [0.05, 0.1) is 24.4 Å². The lowest BCUT2D eigenvalue weighted by Crippen LogP contribution is -2.36. The van der Waals surface area contributed by atoms with Crippen LogP contribution in [0.3, 0.4) is 0 Å². The number of carboxylic acids is 2. The van der Waals surface area contributed by atoms with Crippen LogP contribution >= 0.6 is 0 Å². The summed E-state index contributed by atoms with van der Waals surface area (Å²) in [5.74, 6) is -3.38. The maximum atomic E-state index is 14.5. The van der Waals surface area contributed by atoms with Gasteiger partial charge in [0.15, 0.2) is 0 Å². The van der Waals surface area contributed by atoms with Gasteiger partial charge in [-0.1, -0.05) is 0 Å². The molecule has 2 N–H and O–H groups in total. The van der Waals surface area contributed by atoms with Crippen molar-refractivity contribution in [2.24, 2.45) is 0 Å². The average molecular weight is 350 g/mol. The van der Waals surface area contributed by atoms with Crippen LogP contribution in [0.1, 0.15) is 10.4 Å². The van der Waals surface area contributed by atoms with Gasteiger partial charge < -0.3 is 24.4 Å². The molecule has 0 aliphatic carbocycles. The van der Waals surface area contributed by atoms with E-state index >= 15 is 0 Å². The zero-order valence-electron chi connectivity index (χ0n) is 13.1. The highest BCUT2D eigenvalue weighted by atomic mass is 19.1. The first kappa shape index (κ1) is 16.9. The number of aromatic carboxylic acids is 1. The van der Waals surface area contributed by atoms with Gasteiger partial charge in [0, 0.05) is 24.7 Å². The summed E-state index contributed by atoms with van der Waals surface area (Å²) in [7, 11) is 0. The van der Waals surface area contributed by atoms with Crippen molar-refractivity contribution >= 4 is 28.5 Å². The van der Waals surface area contributed by atoms with Crippen molar-refractivity contribution in [1.29, 1.82) is 0 Å². The molecule has 132 valence electrons. The van der Waals surface area contributed by atoms with Crippen LogP contribution < -0.4 is 10.3 Å². The third-order valence-corrected chi connectivity index (χ3v) is 4.04. The summed E-state index contributed by atoms with van der Waals surface area (Å²) >= 11 is 0. The van der Waals surface area contributed by atoms with Gasteiger partial charge in [-0.2, -0.15) is 0 Å². The summed E-state index contributed by atoms with van der Waals surface area (Å²) in [6.45, 7) is 1.22. The SMILES string of the molecule is O=C(O)Cn1cc(C(=O)O)c(=O)c2cc(F)c(N3CCOCC3)cc21. The number of anilines is 1. The molecule has 1 aliphatic rings. The van der Waals surface area contributed by atoms with Gasteiger partial charge >= 0.3 is 11.9 Å². The number of hydrogen-bond acceptors (Lipinski definition) is 5. The number of aromatic nitrogens is 1. The van der Waals surface area contributed by atoms with Gasteiger partial charge in [-0.05, 0) is 12.1 Å². The maximum absolute atomic E-state index is 14.5. The number of carbonyl (C=O) groups is 2. The first-order valence-electron chi connectivity index (χ1n) is 7.53. The molecule has 8 nitrogen and oxygen atoms in total. The highest BCUT2D eigenvalue weighted by molar-refractivity contribution is 5.94. The first-order chi connectivity index (χ1) is 11.9. The zero-order valence-corrected chi connectivity index (χ0v) is 13.1. The molecule has 0 amide bonds. The van der Waals surface area contributed by atoms with Crippen molar-refractivity contribution in [3.05, 3.63) is 39.9 Å². The number of rotatable bonds is 4. The van der Waals surface area contributed by atoms with Crippen molar-refractivity contribution in [3.63, 3.8) is 0 Å². The fourth-order valence-electron chi connectivity index (χ4n) is 2.87. The van der Waals surface area contributed by atoms with Crippen LogP contribution in [0.2, 0.25) is 0 Å². The lowest BCUT2D eigenvalue weighted by molar-refractivity contribution is -0.137. The molecule has 25 heavy (non-hydrogen) atoms. The topological polar surface area (TPSA) is 109 Å². The Balaban J connectivity index is 2.26. The molecular formula is C16H15FN2O6. The van der Waals surface area contributed by atoms with Crippen LogP contribution in [0.25, 0.3) is 10.9 Å². The Morgan fingerprint density at radius 3 is 2.48 bits per heavy atom. The molecule has 0 spiro atoms. The monoisotopic (exact) mass is 350 g/mol. The number of benzene rings is 1.